The number of azide groups is 1. The van der Waals surface area contributed by atoms with Crippen molar-refractivity contribution in [2.24, 2.45) is 11.0 Å². The van der Waals surface area contributed by atoms with E-state index in [4.69, 9.17) is 29.7 Å². The molecule has 1 saturated carbocycles. The Kier molecular flexibility index (Phi) is 8.45. The van der Waals surface area contributed by atoms with E-state index in [-0.39, 0.29) is 12.0 Å². The fourth-order valence-corrected chi connectivity index (χ4v) is 6.01. The van der Waals surface area contributed by atoms with Crippen LogP contribution in [0.3, 0.4) is 0 Å². The molecule has 2 fully saturated rings. The average molecular weight is 481 g/mol. The minimum atomic E-state index is -5.60. The number of hydrogen-bond donors (Lipinski definition) is 4. The Morgan fingerprint density at radius 1 is 1.17 bits per heavy atom. The summed E-state index contributed by atoms with van der Waals surface area (Å²) in [5.74, 6) is 0.285. The predicted molar refractivity (Wildman–Crippen MR) is 93.9 cm³/mol. The average Bonchev–Trinajstić information content (AvgIpc) is 2.82. The first-order valence-electron chi connectivity index (χ1n) is 8.44. The standard InChI is InChI=1S/C11H22N3O12P3/c1-7(13-14-12)23-10-5-9(8-3-2-4-8)24-11(10)6-22-28(18,19)26-29(20,21)25-27(15,16)17/h7-11H,2-6H2,1H3,(H,18,19)(H,20,21)(H2,15,16,17)/t7?,9-,10?,11-/m1/s1. The summed E-state index contributed by atoms with van der Waals surface area (Å²) in [6.07, 6.45) is 0.773. The third-order valence-electron chi connectivity index (χ3n) is 4.31. The van der Waals surface area contributed by atoms with Crippen LogP contribution in [0.4, 0.5) is 0 Å². The van der Waals surface area contributed by atoms with E-state index in [1.807, 2.05) is 0 Å². The topological polar surface area (TPSA) is 227 Å². The van der Waals surface area contributed by atoms with Gasteiger partial charge in [0.15, 0.2) is 0 Å². The second kappa shape index (κ2) is 9.84. The van der Waals surface area contributed by atoms with E-state index in [2.05, 4.69) is 23.2 Å². The lowest BCUT2D eigenvalue weighted by molar-refractivity contribution is -0.0765. The number of ether oxygens (including phenoxy) is 2. The molecule has 29 heavy (non-hydrogen) atoms. The molecule has 0 amide bonds. The molecule has 4 N–H and O–H groups in total. The maximum absolute atomic E-state index is 11.9. The minimum Gasteiger partial charge on any atom is -0.369 e. The van der Waals surface area contributed by atoms with Crippen LogP contribution in [0.15, 0.2) is 5.11 Å². The zero-order valence-electron chi connectivity index (χ0n) is 15.2. The highest BCUT2D eigenvalue weighted by atomic mass is 31.3. The van der Waals surface area contributed by atoms with Gasteiger partial charge in [0.1, 0.15) is 12.3 Å². The van der Waals surface area contributed by atoms with Crippen LogP contribution in [-0.2, 0) is 36.3 Å². The van der Waals surface area contributed by atoms with Gasteiger partial charge in [0, 0.05) is 11.3 Å². The Morgan fingerprint density at radius 3 is 2.34 bits per heavy atom. The number of phosphoric ester groups is 1. The molecule has 0 aromatic heterocycles. The third-order valence-corrected chi connectivity index (χ3v) is 8.11. The van der Waals surface area contributed by atoms with Crippen molar-refractivity contribution < 1.29 is 55.9 Å². The molecule has 1 heterocycles. The Bertz CT molecular complexity index is 765. The lowest BCUT2D eigenvalue weighted by Gasteiger charge is -2.30. The maximum Gasteiger partial charge on any atom is 0.490 e. The highest BCUT2D eigenvalue weighted by Gasteiger charge is 2.45. The molecule has 18 heteroatoms. The monoisotopic (exact) mass is 481 g/mol. The lowest BCUT2D eigenvalue weighted by atomic mass is 9.80. The molecule has 0 spiro atoms. The molecule has 168 valence electrons. The second-order valence-electron chi connectivity index (χ2n) is 6.51. The maximum atomic E-state index is 11.9. The fourth-order valence-electron chi connectivity index (χ4n) is 2.98. The Hall–Kier alpha value is -0.360. The smallest absolute Gasteiger partial charge is 0.369 e. The molecule has 2 aliphatic rings. The molecule has 0 aromatic carbocycles. The molecular weight excluding hydrogens is 459 g/mol. The Morgan fingerprint density at radius 2 is 1.83 bits per heavy atom. The summed E-state index contributed by atoms with van der Waals surface area (Å²) in [6.45, 7) is 0.885. The third kappa shape index (κ3) is 8.35. The van der Waals surface area contributed by atoms with Crippen LogP contribution in [0.25, 0.3) is 10.4 Å². The summed E-state index contributed by atoms with van der Waals surface area (Å²) < 4.78 is 57.2. The molecule has 15 nitrogen and oxygen atoms in total. The second-order valence-corrected chi connectivity index (χ2v) is 10.9. The van der Waals surface area contributed by atoms with E-state index in [0.717, 1.165) is 19.3 Å². The van der Waals surface area contributed by atoms with E-state index in [9.17, 15) is 18.6 Å². The summed E-state index contributed by atoms with van der Waals surface area (Å²) in [4.78, 5) is 38.4. The fraction of sp³-hybridized carbons (Fsp3) is 1.00. The first-order chi connectivity index (χ1) is 13.3. The zero-order chi connectivity index (χ0) is 21.9. The van der Waals surface area contributed by atoms with Gasteiger partial charge in [-0.05, 0) is 31.2 Å². The van der Waals surface area contributed by atoms with Crippen LogP contribution in [0, 0.1) is 5.92 Å². The lowest BCUT2D eigenvalue weighted by Crippen LogP contribution is -2.31. The summed E-state index contributed by atoms with van der Waals surface area (Å²) >= 11 is 0. The quantitative estimate of drug-likeness (QED) is 0.144. The van der Waals surface area contributed by atoms with Crippen molar-refractivity contribution in [3.8, 4) is 0 Å². The van der Waals surface area contributed by atoms with E-state index in [1.54, 1.807) is 0 Å². The van der Waals surface area contributed by atoms with Gasteiger partial charge >= 0.3 is 23.5 Å². The van der Waals surface area contributed by atoms with Gasteiger partial charge < -0.3 is 29.0 Å². The van der Waals surface area contributed by atoms with Gasteiger partial charge in [-0.1, -0.05) is 11.5 Å². The number of phosphoric acid groups is 3. The van der Waals surface area contributed by atoms with Crippen LogP contribution in [0.5, 0.6) is 0 Å². The highest BCUT2D eigenvalue weighted by Crippen LogP contribution is 2.66. The van der Waals surface area contributed by atoms with Gasteiger partial charge in [0.25, 0.3) is 0 Å². The van der Waals surface area contributed by atoms with Gasteiger partial charge in [-0.3, -0.25) is 4.52 Å². The van der Waals surface area contributed by atoms with Gasteiger partial charge in [0.05, 0.1) is 18.8 Å². The van der Waals surface area contributed by atoms with Gasteiger partial charge in [0.2, 0.25) is 0 Å². The van der Waals surface area contributed by atoms with Crippen molar-refractivity contribution in [2.75, 3.05) is 6.61 Å². The van der Waals surface area contributed by atoms with Crippen molar-refractivity contribution in [1.29, 1.82) is 0 Å². The van der Waals surface area contributed by atoms with Crippen molar-refractivity contribution in [1.82, 2.24) is 0 Å². The molecule has 0 radical (unpaired) electrons. The van der Waals surface area contributed by atoms with Crippen molar-refractivity contribution in [3.05, 3.63) is 10.4 Å². The molecule has 1 aliphatic heterocycles. The normalized spacial score (nSPS) is 30.6. The van der Waals surface area contributed by atoms with E-state index < -0.39 is 48.5 Å². The molecule has 0 bridgehead atoms. The van der Waals surface area contributed by atoms with Crippen LogP contribution in [0.2, 0.25) is 0 Å². The van der Waals surface area contributed by atoms with Crippen molar-refractivity contribution in [3.63, 3.8) is 0 Å². The summed E-state index contributed by atoms with van der Waals surface area (Å²) in [7, 11) is -16.3. The predicted octanol–water partition coefficient (Wildman–Crippen LogP) is 2.33. The van der Waals surface area contributed by atoms with Crippen LogP contribution in [0.1, 0.15) is 32.6 Å². The Balaban J connectivity index is 1.98. The van der Waals surface area contributed by atoms with E-state index in [0.29, 0.717) is 6.42 Å². The largest absolute Gasteiger partial charge is 0.490 e. The number of rotatable bonds is 11. The van der Waals surface area contributed by atoms with Gasteiger partial charge in [-0.15, -0.1) is 0 Å². The molecule has 4 unspecified atom stereocenters. The van der Waals surface area contributed by atoms with Crippen LogP contribution >= 0.6 is 23.5 Å². The summed E-state index contributed by atoms with van der Waals surface area (Å²) in [5, 5.41) is 3.39. The highest BCUT2D eigenvalue weighted by molar-refractivity contribution is 7.66. The van der Waals surface area contributed by atoms with E-state index in [1.165, 1.54) is 6.92 Å². The Labute approximate surface area is 165 Å². The van der Waals surface area contributed by atoms with Crippen LogP contribution in [-0.4, -0.2) is 50.7 Å². The first-order valence-corrected chi connectivity index (χ1v) is 13.0. The number of hydrogen-bond acceptors (Lipinski definition) is 9. The van der Waals surface area contributed by atoms with Crippen molar-refractivity contribution in [2.45, 2.75) is 57.1 Å². The molecule has 1 saturated heterocycles. The molecular formula is C11H22N3O12P3. The van der Waals surface area contributed by atoms with Crippen LogP contribution < -0.4 is 0 Å². The van der Waals surface area contributed by atoms with Crippen molar-refractivity contribution >= 4 is 23.5 Å². The summed E-state index contributed by atoms with van der Waals surface area (Å²) in [5.41, 5.74) is 8.48. The molecule has 6 atom stereocenters. The first kappa shape index (κ1) is 24.9. The number of nitrogens with zero attached hydrogens (tertiary/aromatic N) is 3. The van der Waals surface area contributed by atoms with Gasteiger partial charge in [-0.25, -0.2) is 13.7 Å². The minimum absolute atomic E-state index is 0.207. The summed E-state index contributed by atoms with van der Waals surface area (Å²) in [6, 6.07) is 0. The SMILES string of the molecule is CC(N=[N+]=[N-])OC1C[C@H](C2CCC2)O[C@@H]1COP(=O)(O)OP(=O)(O)OP(=O)(O)O. The molecule has 2 rings (SSSR count). The molecule has 0 aromatic rings. The zero-order valence-corrected chi connectivity index (χ0v) is 17.8. The van der Waals surface area contributed by atoms with Gasteiger partial charge in [-0.2, -0.15) is 8.62 Å². The van der Waals surface area contributed by atoms with E-state index >= 15 is 0 Å². The molecule has 1 aliphatic carbocycles.